The van der Waals surface area contributed by atoms with Crippen LogP contribution in [0.25, 0.3) is 0 Å². The van der Waals surface area contributed by atoms with Crippen molar-refractivity contribution in [2.24, 2.45) is 0 Å². The highest BCUT2D eigenvalue weighted by atomic mass is 16.5. The van der Waals surface area contributed by atoms with Crippen molar-refractivity contribution < 1.29 is 14.3 Å². The van der Waals surface area contributed by atoms with E-state index in [-0.39, 0.29) is 5.91 Å². The zero-order valence-corrected chi connectivity index (χ0v) is 11.3. The molecule has 0 aliphatic heterocycles. The SMILES string of the molecule is COCCN(CCOC)C(=O)c1ccc(C#N)cc1. The van der Waals surface area contributed by atoms with Crippen LogP contribution < -0.4 is 0 Å². The third-order valence-corrected chi connectivity index (χ3v) is 2.68. The molecule has 0 saturated heterocycles. The van der Waals surface area contributed by atoms with Crippen LogP contribution in [0.2, 0.25) is 0 Å². The molecule has 1 rings (SSSR count). The molecule has 0 saturated carbocycles. The van der Waals surface area contributed by atoms with Crippen LogP contribution in [-0.4, -0.2) is 51.3 Å². The minimum absolute atomic E-state index is 0.0846. The number of methoxy groups -OCH3 is 2. The molecule has 0 radical (unpaired) electrons. The van der Waals surface area contributed by atoms with Crippen molar-refractivity contribution in [1.29, 1.82) is 5.26 Å². The maximum atomic E-state index is 12.3. The van der Waals surface area contributed by atoms with Gasteiger partial charge in [-0.25, -0.2) is 0 Å². The van der Waals surface area contributed by atoms with Crippen LogP contribution in [0.15, 0.2) is 24.3 Å². The second-order valence-electron chi connectivity index (χ2n) is 3.97. The Balaban J connectivity index is 2.75. The van der Waals surface area contributed by atoms with E-state index in [4.69, 9.17) is 14.7 Å². The second-order valence-corrected chi connectivity index (χ2v) is 3.97. The molecule has 0 atom stereocenters. The molecular formula is C14H18N2O3. The minimum atomic E-state index is -0.0846. The molecule has 0 aliphatic carbocycles. The number of carbonyl (C=O) groups is 1. The van der Waals surface area contributed by atoms with Crippen LogP contribution in [0.5, 0.6) is 0 Å². The van der Waals surface area contributed by atoms with E-state index in [1.165, 1.54) is 0 Å². The van der Waals surface area contributed by atoms with Gasteiger partial charge in [-0.3, -0.25) is 4.79 Å². The molecule has 0 heterocycles. The fraction of sp³-hybridized carbons (Fsp3) is 0.429. The molecule has 1 aromatic rings. The summed E-state index contributed by atoms with van der Waals surface area (Å²) >= 11 is 0. The largest absolute Gasteiger partial charge is 0.383 e. The van der Waals surface area contributed by atoms with Gasteiger partial charge in [0.15, 0.2) is 0 Å². The van der Waals surface area contributed by atoms with Crippen LogP contribution in [-0.2, 0) is 9.47 Å². The Morgan fingerprint density at radius 2 is 1.68 bits per heavy atom. The number of nitrogens with zero attached hydrogens (tertiary/aromatic N) is 2. The Hall–Kier alpha value is -1.90. The van der Waals surface area contributed by atoms with Crippen molar-refractivity contribution in [3.05, 3.63) is 35.4 Å². The topological polar surface area (TPSA) is 62.6 Å². The van der Waals surface area contributed by atoms with Gasteiger partial charge in [-0.15, -0.1) is 0 Å². The Morgan fingerprint density at radius 1 is 1.16 bits per heavy atom. The Bertz CT molecular complexity index is 429. The van der Waals surface area contributed by atoms with Crippen LogP contribution >= 0.6 is 0 Å². The van der Waals surface area contributed by atoms with Gasteiger partial charge in [-0.05, 0) is 24.3 Å². The molecular weight excluding hydrogens is 244 g/mol. The van der Waals surface area contributed by atoms with Gasteiger partial charge < -0.3 is 14.4 Å². The van der Waals surface area contributed by atoms with E-state index in [1.807, 2.05) is 6.07 Å². The maximum Gasteiger partial charge on any atom is 0.254 e. The summed E-state index contributed by atoms with van der Waals surface area (Å²) in [5.41, 5.74) is 1.10. The second kappa shape index (κ2) is 8.25. The molecule has 102 valence electrons. The third-order valence-electron chi connectivity index (χ3n) is 2.68. The van der Waals surface area contributed by atoms with Gasteiger partial charge in [0, 0.05) is 32.9 Å². The van der Waals surface area contributed by atoms with Crippen molar-refractivity contribution in [3.63, 3.8) is 0 Å². The summed E-state index contributed by atoms with van der Waals surface area (Å²) in [4.78, 5) is 14.0. The van der Waals surface area contributed by atoms with Crippen LogP contribution in [0.3, 0.4) is 0 Å². The standard InChI is InChI=1S/C14H18N2O3/c1-18-9-7-16(8-10-19-2)14(17)13-5-3-12(11-15)4-6-13/h3-6H,7-10H2,1-2H3. The Kier molecular flexibility index (Phi) is 6.58. The van der Waals surface area contributed by atoms with Gasteiger partial charge in [-0.1, -0.05) is 0 Å². The lowest BCUT2D eigenvalue weighted by Crippen LogP contribution is -2.36. The first-order chi connectivity index (χ1) is 9.22. The summed E-state index contributed by atoms with van der Waals surface area (Å²) < 4.78 is 9.99. The molecule has 0 fully saturated rings. The summed E-state index contributed by atoms with van der Waals surface area (Å²) in [6.07, 6.45) is 0. The van der Waals surface area contributed by atoms with E-state index in [0.29, 0.717) is 37.4 Å². The summed E-state index contributed by atoms with van der Waals surface area (Å²) in [5, 5.41) is 8.73. The van der Waals surface area contributed by atoms with Crippen LogP contribution in [0, 0.1) is 11.3 Å². The molecule has 5 heteroatoms. The number of nitriles is 1. The van der Waals surface area contributed by atoms with Gasteiger partial charge >= 0.3 is 0 Å². The molecule has 0 spiro atoms. The maximum absolute atomic E-state index is 12.3. The van der Waals surface area contributed by atoms with Crippen molar-refractivity contribution in [2.45, 2.75) is 0 Å². The first-order valence-electron chi connectivity index (χ1n) is 6.00. The van der Waals surface area contributed by atoms with Crippen LogP contribution in [0.4, 0.5) is 0 Å². The van der Waals surface area contributed by atoms with E-state index in [0.717, 1.165) is 0 Å². The van der Waals surface area contributed by atoms with E-state index in [9.17, 15) is 4.79 Å². The van der Waals surface area contributed by atoms with E-state index >= 15 is 0 Å². The summed E-state index contributed by atoms with van der Waals surface area (Å²) in [6, 6.07) is 8.62. The van der Waals surface area contributed by atoms with Crippen molar-refractivity contribution in [1.82, 2.24) is 4.90 Å². The van der Waals surface area contributed by atoms with Gasteiger partial charge in [-0.2, -0.15) is 5.26 Å². The summed E-state index contributed by atoms with van der Waals surface area (Å²) in [6.45, 7) is 1.98. The molecule has 1 amide bonds. The normalized spacial score (nSPS) is 9.95. The summed E-state index contributed by atoms with van der Waals surface area (Å²) in [7, 11) is 3.20. The lowest BCUT2D eigenvalue weighted by Gasteiger charge is -2.22. The summed E-state index contributed by atoms with van der Waals surface area (Å²) in [5.74, 6) is -0.0846. The average Bonchev–Trinajstić information content (AvgIpc) is 2.47. The number of hydrogen-bond acceptors (Lipinski definition) is 4. The van der Waals surface area contributed by atoms with Crippen LogP contribution in [0.1, 0.15) is 15.9 Å². The molecule has 5 nitrogen and oxygen atoms in total. The van der Waals surface area contributed by atoms with Gasteiger partial charge in [0.2, 0.25) is 0 Å². The van der Waals surface area contributed by atoms with E-state index in [1.54, 1.807) is 43.4 Å². The number of amides is 1. The quantitative estimate of drug-likeness (QED) is 0.743. The molecule has 19 heavy (non-hydrogen) atoms. The number of carbonyl (C=O) groups excluding carboxylic acids is 1. The number of benzene rings is 1. The van der Waals surface area contributed by atoms with Gasteiger partial charge in [0.25, 0.3) is 5.91 Å². The molecule has 0 bridgehead atoms. The zero-order valence-electron chi connectivity index (χ0n) is 11.3. The highest BCUT2D eigenvalue weighted by Crippen LogP contribution is 2.07. The van der Waals surface area contributed by atoms with E-state index in [2.05, 4.69) is 0 Å². The number of hydrogen-bond donors (Lipinski definition) is 0. The third kappa shape index (κ3) is 4.70. The predicted octanol–water partition coefficient (Wildman–Crippen LogP) is 1.29. The molecule has 0 aromatic heterocycles. The Labute approximate surface area is 113 Å². The number of ether oxygens (including phenoxy) is 2. The highest BCUT2D eigenvalue weighted by molar-refractivity contribution is 5.94. The lowest BCUT2D eigenvalue weighted by molar-refractivity contribution is 0.0627. The van der Waals surface area contributed by atoms with Crippen molar-refractivity contribution in [2.75, 3.05) is 40.5 Å². The fourth-order valence-corrected chi connectivity index (χ4v) is 1.59. The first-order valence-corrected chi connectivity index (χ1v) is 6.00. The van der Waals surface area contributed by atoms with Crippen molar-refractivity contribution >= 4 is 5.91 Å². The van der Waals surface area contributed by atoms with Gasteiger partial charge in [0.05, 0.1) is 24.8 Å². The lowest BCUT2D eigenvalue weighted by atomic mass is 10.1. The van der Waals surface area contributed by atoms with Crippen molar-refractivity contribution in [3.8, 4) is 6.07 Å². The Morgan fingerprint density at radius 3 is 2.11 bits per heavy atom. The highest BCUT2D eigenvalue weighted by Gasteiger charge is 2.15. The molecule has 1 aromatic carbocycles. The number of rotatable bonds is 7. The zero-order chi connectivity index (χ0) is 14.1. The van der Waals surface area contributed by atoms with E-state index < -0.39 is 0 Å². The predicted molar refractivity (Wildman–Crippen MR) is 70.8 cm³/mol. The molecule has 0 unspecified atom stereocenters. The molecule has 0 N–H and O–H groups in total. The minimum Gasteiger partial charge on any atom is -0.383 e. The monoisotopic (exact) mass is 262 g/mol. The average molecular weight is 262 g/mol. The molecule has 0 aliphatic rings. The fourth-order valence-electron chi connectivity index (χ4n) is 1.59. The first kappa shape index (κ1) is 15.2. The smallest absolute Gasteiger partial charge is 0.254 e. The van der Waals surface area contributed by atoms with Gasteiger partial charge in [0.1, 0.15) is 0 Å².